The minimum Gasteiger partial charge on any atom is -0.337 e. The zero-order valence-electron chi connectivity index (χ0n) is 16.9. The van der Waals surface area contributed by atoms with Crippen LogP contribution in [0.4, 0.5) is 21.6 Å². The lowest BCUT2D eigenvalue weighted by atomic mass is 10.1. The van der Waals surface area contributed by atoms with Crippen molar-refractivity contribution >= 4 is 28.2 Å². The molecule has 7 heteroatoms. The fourth-order valence-electron chi connectivity index (χ4n) is 2.95. The van der Waals surface area contributed by atoms with Crippen LogP contribution in [0, 0.1) is 19.7 Å². The highest BCUT2D eigenvalue weighted by Gasteiger charge is 2.15. The third-order valence-corrected chi connectivity index (χ3v) is 5.83. The number of nitrogens with zero attached hydrogens (tertiary/aromatic N) is 1. The maximum atomic E-state index is 14.5. The van der Waals surface area contributed by atoms with Gasteiger partial charge in [0.05, 0.1) is 16.3 Å². The summed E-state index contributed by atoms with van der Waals surface area (Å²) in [5.41, 5.74) is 2.91. The van der Waals surface area contributed by atoms with Crippen LogP contribution in [0.25, 0.3) is 0 Å². The summed E-state index contributed by atoms with van der Waals surface area (Å²) in [5.74, 6) is -0.0767. The van der Waals surface area contributed by atoms with Crippen molar-refractivity contribution in [2.45, 2.75) is 32.1 Å². The quantitative estimate of drug-likeness (QED) is 0.622. The Kier molecular flexibility index (Phi) is 6.17. The van der Waals surface area contributed by atoms with Crippen molar-refractivity contribution < 1.29 is 8.60 Å². The molecule has 1 unspecified atom stereocenters. The molecule has 0 radical (unpaired) electrons. The molecular formula is C22H24FN3O2S. The number of benzene rings is 2. The van der Waals surface area contributed by atoms with Crippen molar-refractivity contribution in [3.05, 3.63) is 81.4 Å². The topological polar surface area (TPSA) is 63.1 Å². The average molecular weight is 414 g/mol. The second-order valence-electron chi connectivity index (χ2n) is 6.93. The number of hydrogen-bond acceptors (Lipinski definition) is 3. The molecule has 3 rings (SSSR count). The van der Waals surface area contributed by atoms with Gasteiger partial charge in [-0.2, -0.15) is 0 Å². The van der Waals surface area contributed by atoms with Crippen LogP contribution in [-0.4, -0.2) is 8.78 Å². The highest BCUT2D eigenvalue weighted by atomic mass is 32.2. The summed E-state index contributed by atoms with van der Waals surface area (Å²) in [7, 11) is 0.0496. The lowest BCUT2D eigenvalue weighted by Crippen LogP contribution is -2.23. The van der Waals surface area contributed by atoms with Crippen LogP contribution >= 0.6 is 0 Å². The number of nitrogens with one attached hydrogen (secondary N) is 2. The molecule has 0 spiro atoms. The molecule has 29 heavy (non-hydrogen) atoms. The van der Waals surface area contributed by atoms with Gasteiger partial charge in [0, 0.05) is 12.6 Å². The van der Waals surface area contributed by atoms with E-state index in [1.54, 1.807) is 38.2 Å². The number of rotatable bonds is 6. The van der Waals surface area contributed by atoms with Crippen molar-refractivity contribution in [1.82, 2.24) is 4.57 Å². The first-order valence-corrected chi connectivity index (χ1v) is 10.5. The summed E-state index contributed by atoms with van der Waals surface area (Å²) < 4.78 is 31.6. The van der Waals surface area contributed by atoms with E-state index in [1.807, 2.05) is 32.0 Å². The molecule has 3 aromatic rings. The van der Waals surface area contributed by atoms with Gasteiger partial charge in [-0.05, 0) is 56.2 Å². The zero-order valence-corrected chi connectivity index (χ0v) is 17.7. The first kappa shape index (κ1) is 20.8. The molecule has 1 atom stereocenters. The smallest absolute Gasteiger partial charge is 0.254 e. The first-order chi connectivity index (χ1) is 13.8. The first-order valence-electron chi connectivity index (χ1n) is 9.31. The van der Waals surface area contributed by atoms with Gasteiger partial charge in [-0.25, -0.2) is 8.60 Å². The summed E-state index contributed by atoms with van der Waals surface area (Å²) in [6, 6.07) is 13.9. The Labute approximate surface area is 172 Å². The van der Waals surface area contributed by atoms with Gasteiger partial charge in [0.1, 0.15) is 22.6 Å². The number of anilines is 3. The maximum Gasteiger partial charge on any atom is 0.254 e. The molecule has 0 aliphatic rings. The third kappa shape index (κ3) is 4.56. The lowest BCUT2D eigenvalue weighted by molar-refractivity contribution is 0.629. The van der Waals surface area contributed by atoms with Crippen LogP contribution < -0.4 is 15.6 Å². The van der Waals surface area contributed by atoms with E-state index in [9.17, 15) is 13.4 Å². The molecular weight excluding hydrogens is 389 g/mol. The molecule has 0 fully saturated rings. The molecule has 0 saturated heterocycles. The monoisotopic (exact) mass is 413 g/mol. The van der Waals surface area contributed by atoms with E-state index in [0.717, 1.165) is 17.5 Å². The van der Waals surface area contributed by atoms with Crippen LogP contribution in [-0.2, 0) is 24.5 Å². The van der Waals surface area contributed by atoms with E-state index in [1.165, 1.54) is 10.6 Å². The number of hydrogen-bond donors (Lipinski definition) is 2. The van der Waals surface area contributed by atoms with E-state index >= 15 is 0 Å². The molecule has 5 nitrogen and oxygen atoms in total. The Morgan fingerprint density at radius 1 is 1.03 bits per heavy atom. The van der Waals surface area contributed by atoms with Crippen molar-refractivity contribution in [2.24, 2.45) is 7.05 Å². The molecule has 2 N–H and O–H groups in total. The number of pyridine rings is 1. The van der Waals surface area contributed by atoms with Crippen LogP contribution in [0.2, 0.25) is 0 Å². The Morgan fingerprint density at radius 3 is 2.34 bits per heavy atom. The van der Waals surface area contributed by atoms with Gasteiger partial charge < -0.3 is 5.32 Å². The van der Waals surface area contributed by atoms with Crippen LogP contribution in [0.3, 0.4) is 0 Å². The van der Waals surface area contributed by atoms with Gasteiger partial charge >= 0.3 is 0 Å². The van der Waals surface area contributed by atoms with E-state index in [0.29, 0.717) is 22.0 Å². The zero-order chi connectivity index (χ0) is 21.1. The summed E-state index contributed by atoms with van der Waals surface area (Å²) in [6.45, 7) is 5.59. The normalized spacial score (nSPS) is 11.9. The van der Waals surface area contributed by atoms with E-state index < -0.39 is 16.8 Å². The molecule has 0 aliphatic carbocycles. The average Bonchev–Trinajstić information content (AvgIpc) is 2.70. The predicted molar refractivity (Wildman–Crippen MR) is 117 cm³/mol. The van der Waals surface area contributed by atoms with E-state index in [2.05, 4.69) is 10.0 Å². The molecule has 0 bridgehead atoms. The van der Waals surface area contributed by atoms with Gasteiger partial charge in [-0.1, -0.05) is 30.7 Å². The maximum absolute atomic E-state index is 14.5. The lowest BCUT2D eigenvalue weighted by Gasteiger charge is -2.18. The van der Waals surface area contributed by atoms with Gasteiger partial charge in [0.25, 0.3) is 5.56 Å². The van der Waals surface area contributed by atoms with E-state index in [-0.39, 0.29) is 11.2 Å². The van der Waals surface area contributed by atoms with Crippen molar-refractivity contribution in [3.8, 4) is 0 Å². The highest BCUT2D eigenvalue weighted by Crippen LogP contribution is 2.28. The molecule has 2 aromatic carbocycles. The van der Waals surface area contributed by atoms with Crippen LogP contribution in [0.5, 0.6) is 0 Å². The molecule has 0 saturated carbocycles. The predicted octanol–water partition coefficient (Wildman–Crippen LogP) is 4.58. The summed E-state index contributed by atoms with van der Waals surface area (Å²) in [6.07, 6.45) is 0.725. The largest absolute Gasteiger partial charge is 0.337 e. The van der Waals surface area contributed by atoms with Crippen molar-refractivity contribution in [1.29, 1.82) is 0 Å². The standard InChI is InChI=1S/C22H24FN3O2S/c1-5-16-8-11-19(18(23)13-16)24-21-20(12-15(3)22(27)26(21)4)25-29(28)17-9-6-14(2)7-10-17/h6-13,24-25H,5H2,1-4H3. The fraction of sp³-hybridized carbons (Fsp3) is 0.227. The molecule has 0 aliphatic heterocycles. The number of halogens is 1. The Hall–Kier alpha value is -2.93. The highest BCUT2D eigenvalue weighted by molar-refractivity contribution is 7.86. The summed E-state index contributed by atoms with van der Waals surface area (Å²) >= 11 is 0. The van der Waals surface area contributed by atoms with Gasteiger partial charge in [-0.15, -0.1) is 0 Å². The molecule has 1 aromatic heterocycles. The third-order valence-electron chi connectivity index (χ3n) is 4.73. The van der Waals surface area contributed by atoms with Crippen LogP contribution in [0.15, 0.2) is 58.2 Å². The molecule has 0 amide bonds. The number of aryl methyl sites for hydroxylation is 3. The molecule has 1 heterocycles. The van der Waals surface area contributed by atoms with Gasteiger partial charge in [0.15, 0.2) is 0 Å². The second kappa shape index (κ2) is 8.61. The SMILES string of the molecule is CCc1ccc(Nc2c(NS(=O)c3ccc(C)cc3)cc(C)c(=O)n2C)c(F)c1. The van der Waals surface area contributed by atoms with Gasteiger partial charge in [-0.3, -0.25) is 14.1 Å². The Bertz CT molecular complexity index is 1120. The summed E-state index contributed by atoms with van der Waals surface area (Å²) in [5, 5.41) is 2.99. The Morgan fingerprint density at radius 2 is 1.72 bits per heavy atom. The van der Waals surface area contributed by atoms with Crippen molar-refractivity contribution in [2.75, 3.05) is 10.0 Å². The van der Waals surface area contributed by atoms with E-state index in [4.69, 9.17) is 0 Å². The van der Waals surface area contributed by atoms with Crippen LogP contribution in [0.1, 0.15) is 23.6 Å². The fourth-order valence-corrected chi connectivity index (χ4v) is 3.81. The molecule has 152 valence electrons. The summed E-state index contributed by atoms with van der Waals surface area (Å²) in [4.78, 5) is 13.0. The number of aromatic nitrogens is 1. The Balaban J connectivity index is 2.00. The second-order valence-corrected chi connectivity index (χ2v) is 8.14. The minimum atomic E-state index is -1.54. The van der Waals surface area contributed by atoms with Crippen molar-refractivity contribution in [3.63, 3.8) is 0 Å². The van der Waals surface area contributed by atoms with Gasteiger partial charge in [0.2, 0.25) is 0 Å². The minimum absolute atomic E-state index is 0.218.